The van der Waals surface area contributed by atoms with Crippen LogP contribution in [0.25, 0.3) is 0 Å². The second-order valence-electron chi connectivity index (χ2n) is 5.05. The molecule has 0 saturated heterocycles. The maximum atomic E-state index is 14.2. The smallest absolute Gasteiger partial charge is 0.161 e. The van der Waals surface area contributed by atoms with Crippen molar-refractivity contribution in [3.8, 4) is 0 Å². The Labute approximate surface area is 120 Å². The summed E-state index contributed by atoms with van der Waals surface area (Å²) < 4.78 is 14.6. The van der Waals surface area contributed by atoms with Gasteiger partial charge in [0, 0.05) is 11.1 Å². The Kier molecular flexibility index (Phi) is 3.92. The van der Waals surface area contributed by atoms with E-state index in [1.54, 1.807) is 12.1 Å². The summed E-state index contributed by atoms with van der Waals surface area (Å²) in [6, 6.07) is 3.45. The first-order valence-corrected chi connectivity index (χ1v) is 7.19. The van der Waals surface area contributed by atoms with E-state index in [0.29, 0.717) is 15.7 Å². The third-order valence-corrected chi connectivity index (χ3v) is 4.49. The van der Waals surface area contributed by atoms with Crippen molar-refractivity contribution in [2.45, 2.75) is 38.1 Å². The first-order chi connectivity index (χ1) is 8.43. The van der Waals surface area contributed by atoms with Crippen LogP contribution in [0.15, 0.2) is 16.6 Å². The van der Waals surface area contributed by atoms with Crippen LogP contribution in [0.1, 0.15) is 38.2 Å². The minimum atomic E-state index is -0.326. The van der Waals surface area contributed by atoms with Crippen LogP contribution >= 0.6 is 28.1 Å². The minimum absolute atomic E-state index is 0.00891. The zero-order valence-electron chi connectivity index (χ0n) is 10.2. The zero-order valence-corrected chi connectivity index (χ0v) is 12.6. The third-order valence-electron chi connectivity index (χ3n) is 3.49. The standard InChI is InChI=1S/C13H16BrFN2S/c1-13(6-2-3-7-13)17-9-5-4-8(12(16)18)10(14)11(9)15/h4-5,17H,2-3,6-7H2,1H3,(H2,16,18). The number of nitrogens with two attached hydrogens (primary N) is 1. The fourth-order valence-electron chi connectivity index (χ4n) is 2.44. The SMILES string of the molecule is CC1(Nc2ccc(C(N)=S)c(Br)c2F)CCCC1. The van der Waals surface area contributed by atoms with Gasteiger partial charge in [-0.1, -0.05) is 25.1 Å². The third kappa shape index (κ3) is 2.67. The Balaban J connectivity index is 2.30. The molecular formula is C13H16BrFN2S. The molecule has 0 unspecified atom stereocenters. The van der Waals surface area contributed by atoms with Gasteiger partial charge < -0.3 is 11.1 Å². The van der Waals surface area contributed by atoms with Crippen molar-refractivity contribution >= 4 is 38.8 Å². The summed E-state index contributed by atoms with van der Waals surface area (Å²) in [6.07, 6.45) is 4.52. The van der Waals surface area contributed by atoms with Gasteiger partial charge >= 0.3 is 0 Å². The molecule has 2 nitrogen and oxygen atoms in total. The van der Waals surface area contributed by atoms with E-state index in [1.807, 2.05) is 0 Å². The van der Waals surface area contributed by atoms with E-state index in [0.717, 1.165) is 12.8 Å². The molecule has 0 aliphatic heterocycles. The Morgan fingerprint density at radius 1 is 1.44 bits per heavy atom. The van der Waals surface area contributed by atoms with E-state index < -0.39 is 0 Å². The number of anilines is 1. The Bertz CT molecular complexity index is 484. The van der Waals surface area contributed by atoms with E-state index in [4.69, 9.17) is 18.0 Å². The van der Waals surface area contributed by atoms with Gasteiger partial charge in [0.1, 0.15) is 4.99 Å². The fourth-order valence-corrected chi connectivity index (χ4v) is 3.30. The first-order valence-electron chi connectivity index (χ1n) is 5.99. The van der Waals surface area contributed by atoms with Crippen molar-refractivity contribution in [2.24, 2.45) is 5.73 Å². The van der Waals surface area contributed by atoms with Crippen molar-refractivity contribution in [1.82, 2.24) is 0 Å². The number of hydrogen-bond donors (Lipinski definition) is 2. The molecule has 1 fully saturated rings. The summed E-state index contributed by atoms with van der Waals surface area (Å²) in [5.74, 6) is -0.326. The van der Waals surface area contributed by atoms with Crippen molar-refractivity contribution in [2.75, 3.05) is 5.32 Å². The van der Waals surface area contributed by atoms with E-state index in [2.05, 4.69) is 28.2 Å². The molecule has 1 aromatic carbocycles. The van der Waals surface area contributed by atoms with Gasteiger partial charge in [-0.25, -0.2) is 4.39 Å². The van der Waals surface area contributed by atoms with Gasteiger partial charge in [0.25, 0.3) is 0 Å². The number of nitrogens with one attached hydrogen (secondary N) is 1. The maximum Gasteiger partial charge on any atom is 0.161 e. The van der Waals surface area contributed by atoms with Crippen LogP contribution in [0.3, 0.4) is 0 Å². The Morgan fingerprint density at radius 3 is 2.61 bits per heavy atom. The lowest BCUT2D eigenvalue weighted by Crippen LogP contribution is -2.31. The highest BCUT2D eigenvalue weighted by Gasteiger charge is 2.29. The fraction of sp³-hybridized carbons (Fsp3) is 0.462. The first kappa shape index (κ1) is 13.7. The summed E-state index contributed by atoms with van der Waals surface area (Å²) in [5, 5.41) is 3.30. The summed E-state index contributed by atoms with van der Waals surface area (Å²) in [4.78, 5) is 0.194. The van der Waals surface area contributed by atoms with E-state index in [1.165, 1.54) is 12.8 Å². The van der Waals surface area contributed by atoms with Gasteiger partial charge in [-0.2, -0.15) is 0 Å². The molecule has 0 heterocycles. The van der Waals surface area contributed by atoms with Crippen LogP contribution in [0.2, 0.25) is 0 Å². The molecule has 0 aromatic heterocycles. The van der Waals surface area contributed by atoms with E-state index in [9.17, 15) is 4.39 Å². The van der Waals surface area contributed by atoms with Crippen LogP contribution < -0.4 is 11.1 Å². The highest BCUT2D eigenvalue weighted by molar-refractivity contribution is 9.10. The molecule has 1 saturated carbocycles. The Hall–Kier alpha value is -0.680. The highest BCUT2D eigenvalue weighted by atomic mass is 79.9. The number of hydrogen-bond acceptors (Lipinski definition) is 2. The molecule has 0 radical (unpaired) electrons. The minimum Gasteiger partial charge on any atom is -0.389 e. The van der Waals surface area contributed by atoms with Crippen LogP contribution in [0.5, 0.6) is 0 Å². The predicted molar refractivity (Wildman–Crippen MR) is 80.5 cm³/mol. The summed E-state index contributed by atoms with van der Waals surface area (Å²) in [5.41, 5.74) is 6.57. The molecule has 18 heavy (non-hydrogen) atoms. The molecule has 1 aromatic rings. The molecule has 0 bridgehead atoms. The van der Waals surface area contributed by atoms with Crippen LogP contribution in [0.4, 0.5) is 10.1 Å². The van der Waals surface area contributed by atoms with Gasteiger partial charge in [-0.05, 0) is 47.8 Å². The van der Waals surface area contributed by atoms with Gasteiger partial charge in [-0.3, -0.25) is 0 Å². The van der Waals surface area contributed by atoms with E-state index >= 15 is 0 Å². The van der Waals surface area contributed by atoms with Gasteiger partial charge in [0.15, 0.2) is 5.82 Å². The molecule has 0 atom stereocenters. The summed E-state index contributed by atoms with van der Waals surface area (Å²) in [6.45, 7) is 2.13. The largest absolute Gasteiger partial charge is 0.389 e. The van der Waals surface area contributed by atoms with Crippen LogP contribution in [-0.4, -0.2) is 10.5 Å². The molecular weight excluding hydrogens is 315 g/mol. The second-order valence-corrected chi connectivity index (χ2v) is 6.28. The van der Waals surface area contributed by atoms with Crippen LogP contribution in [0, 0.1) is 5.82 Å². The number of rotatable bonds is 3. The second kappa shape index (κ2) is 5.13. The lowest BCUT2D eigenvalue weighted by atomic mass is 10.00. The van der Waals surface area contributed by atoms with Crippen molar-refractivity contribution in [3.05, 3.63) is 28.0 Å². The summed E-state index contributed by atoms with van der Waals surface area (Å²) >= 11 is 8.09. The van der Waals surface area contributed by atoms with Gasteiger partial charge in [0.05, 0.1) is 10.2 Å². The van der Waals surface area contributed by atoms with Crippen molar-refractivity contribution < 1.29 is 4.39 Å². The number of thiocarbonyl (C=S) groups is 1. The normalized spacial score (nSPS) is 17.7. The highest BCUT2D eigenvalue weighted by Crippen LogP contribution is 2.35. The lowest BCUT2D eigenvalue weighted by Gasteiger charge is -2.27. The molecule has 3 N–H and O–H groups in total. The molecule has 0 spiro atoms. The molecule has 1 aliphatic carbocycles. The van der Waals surface area contributed by atoms with Crippen molar-refractivity contribution in [1.29, 1.82) is 0 Å². The maximum absolute atomic E-state index is 14.2. The molecule has 5 heteroatoms. The average Bonchev–Trinajstić information content (AvgIpc) is 2.72. The topological polar surface area (TPSA) is 38.0 Å². The monoisotopic (exact) mass is 330 g/mol. The average molecular weight is 331 g/mol. The lowest BCUT2D eigenvalue weighted by molar-refractivity contribution is 0.524. The number of halogens is 2. The zero-order chi connectivity index (χ0) is 13.3. The molecule has 2 rings (SSSR count). The Morgan fingerprint density at radius 2 is 2.06 bits per heavy atom. The molecule has 1 aliphatic rings. The van der Waals surface area contributed by atoms with Gasteiger partial charge in [-0.15, -0.1) is 0 Å². The quantitative estimate of drug-likeness (QED) is 0.823. The van der Waals surface area contributed by atoms with E-state index in [-0.39, 0.29) is 16.3 Å². The molecule has 0 amide bonds. The van der Waals surface area contributed by atoms with Crippen LogP contribution in [-0.2, 0) is 0 Å². The predicted octanol–water partition coefficient (Wildman–Crippen LogP) is 3.97. The molecule has 98 valence electrons. The number of benzene rings is 1. The summed E-state index contributed by atoms with van der Waals surface area (Å²) in [7, 11) is 0. The van der Waals surface area contributed by atoms with Gasteiger partial charge in [0.2, 0.25) is 0 Å². The van der Waals surface area contributed by atoms with Crippen molar-refractivity contribution in [3.63, 3.8) is 0 Å².